The summed E-state index contributed by atoms with van der Waals surface area (Å²) >= 11 is 0. The van der Waals surface area contributed by atoms with Crippen molar-refractivity contribution in [3.8, 4) is 11.5 Å². The maximum Gasteiger partial charge on any atom is 0.339 e. The first-order valence-electron chi connectivity index (χ1n) is 8.34. The first-order chi connectivity index (χ1) is 12.5. The number of cyclic esters (lactones) is 1. The molecule has 136 valence electrons. The number of hydrogen-bond donors (Lipinski definition) is 1. The number of hydrogen-bond acceptors (Lipinski definition) is 5. The van der Waals surface area contributed by atoms with E-state index in [1.807, 2.05) is 25.1 Å². The van der Waals surface area contributed by atoms with Gasteiger partial charge in [0.2, 0.25) is 5.91 Å². The highest BCUT2D eigenvalue weighted by atomic mass is 16.5. The van der Waals surface area contributed by atoms with E-state index in [4.69, 9.17) is 14.2 Å². The fraction of sp³-hybridized carbons (Fsp3) is 0.300. The monoisotopic (exact) mass is 355 g/mol. The van der Waals surface area contributed by atoms with E-state index in [1.54, 1.807) is 38.5 Å². The molecule has 0 aliphatic carbocycles. The van der Waals surface area contributed by atoms with Gasteiger partial charge in [-0.2, -0.15) is 0 Å². The number of rotatable bonds is 6. The van der Waals surface area contributed by atoms with Crippen molar-refractivity contribution in [1.82, 2.24) is 5.32 Å². The van der Waals surface area contributed by atoms with Gasteiger partial charge in [0, 0.05) is 11.1 Å². The molecule has 6 heteroatoms. The summed E-state index contributed by atoms with van der Waals surface area (Å²) in [5, 5.41) is 2.93. The highest BCUT2D eigenvalue weighted by Crippen LogP contribution is 2.33. The van der Waals surface area contributed by atoms with Crippen molar-refractivity contribution in [3.05, 3.63) is 59.2 Å². The van der Waals surface area contributed by atoms with Crippen LogP contribution in [0.4, 0.5) is 0 Å². The SMILES string of the molecule is COc1ccc(OC)c([C@@H](C)NC(=O)C[C@@H]2OC(=O)c3ccccc32)c1. The Labute approximate surface area is 152 Å². The largest absolute Gasteiger partial charge is 0.497 e. The number of amides is 1. The summed E-state index contributed by atoms with van der Waals surface area (Å²) in [7, 11) is 3.16. The van der Waals surface area contributed by atoms with Crippen molar-refractivity contribution in [2.75, 3.05) is 14.2 Å². The van der Waals surface area contributed by atoms with Gasteiger partial charge in [0.1, 0.15) is 17.6 Å². The topological polar surface area (TPSA) is 73.9 Å². The predicted octanol–water partition coefficient (Wildman–Crippen LogP) is 3.18. The van der Waals surface area contributed by atoms with Crippen molar-refractivity contribution in [1.29, 1.82) is 0 Å². The molecule has 2 aromatic carbocycles. The van der Waals surface area contributed by atoms with Crippen LogP contribution in [-0.2, 0) is 9.53 Å². The van der Waals surface area contributed by atoms with Crippen molar-refractivity contribution in [2.45, 2.75) is 25.5 Å². The van der Waals surface area contributed by atoms with Gasteiger partial charge in [0.25, 0.3) is 0 Å². The van der Waals surface area contributed by atoms with E-state index in [1.165, 1.54) is 0 Å². The fourth-order valence-corrected chi connectivity index (χ4v) is 3.10. The van der Waals surface area contributed by atoms with Crippen molar-refractivity contribution in [2.24, 2.45) is 0 Å². The van der Waals surface area contributed by atoms with E-state index in [0.29, 0.717) is 17.1 Å². The second-order valence-corrected chi connectivity index (χ2v) is 6.08. The normalized spacial score (nSPS) is 16.4. The Morgan fingerprint density at radius 1 is 1.19 bits per heavy atom. The summed E-state index contributed by atoms with van der Waals surface area (Å²) in [5.41, 5.74) is 2.08. The zero-order valence-corrected chi connectivity index (χ0v) is 14.9. The molecular weight excluding hydrogens is 334 g/mol. The number of nitrogens with one attached hydrogen (secondary N) is 1. The minimum atomic E-state index is -0.557. The first-order valence-corrected chi connectivity index (χ1v) is 8.34. The van der Waals surface area contributed by atoms with Crippen LogP contribution >= 0.6 is 0 Å². The summed E-state index contributed by atoms with van der Waals surface area (Å²) in [6.07, 6.45) is -0.488. The third-order valence-electron chi connectivity index (χ3n) is 4.43. The molecule has 0 saturated carbocycles. The van der Waals surface area contributed by atoms with Crippen molar-refractivity contribution < 1.29 is 23.8 Å². The Morgan fingerprint density at radius 3 is 2.69 bits per heavy atom. The van der Waals surface area contributed by atoms with Crippen molar-refractivity contribution in [3.63, 3.8) is 0 Å². The van der Waals surface area contributed by atoms with Gasteiger partial charge in [-0.05, 0) is 31.2 Å². The molecular formula is C20H21NO5. The zero-order valence-electron chi connectivity index (χ0n) is 14.9. The summed E-state index contributed by atoms with van der Waals surface area (Å²) in [6, 6.07) is 12.3. The van der Waals surface area contributed by atoms with Crippen LogP contribution in [0.15, 0.2) is 42.5 Å². The number of methoxy groups -OCH3 is 2. The van der Waals surface area contributed by atoms with Gasteiger partial charge < -0.3 is 19.5 Å². The molecule has 1 aliphatic rings. The first kappa shape index (κ1) is 17.8. The van der Waals surface area contributed by atoms with E-state index in [9.17, 15) is 9.59 Å². The standard InChI is InChI=1S/C20H21NO5/c1-12(16-10-13(24-2)8-9-17(16)25-3)21-19(22)11-18-14-6-4-5-7-15(14)20(23)26-18/h4-10,12,18H,11H2,1-3H3,(H,21,22)/t12-,18+/m1/s1. The molecule has 0 saturated heterocycles. The van der Waals surface area contributed by atoms with Gasteiger partial charge >= 0.3 is 5.97 Å². The Balaban J connectivity index is 1.70. The second kappa shape index (κ2) is 7.47. The van der Waals surface area contributed by atoms with E-state index < -0.39 is 6.10 Å². The molecule has 1 amide bonds. The zero-order chi connectivity index (χ0) is 18.7. The van der Waals surface area contributed by atoms with Gasteiger partial charge in [0.05, 0.1) is 32.2 Å². The lowest BCUT2D eigenvalue weighted by atomic mass is 10.0. The third kappa shape index (κ3) is 3.49. The number of fused-ring (bicyclic) bond motifs is 1. The van der Waals surface area contributed by atoms with Crippen molar-refractivity contribution >= 4 is 11.9 Å². The molecule has 1 aliphatic heterocycles. The number of ether oxygens (including phenoxy) is 3. The van der Waals surface area contributed by atoms with Crippen LogP contribution in [0.3, 0.4) is 0 Å². The maximum atomic E-state index is 12.5. The second-order valence-electron chi connectivity index (χ2n) is 6.08. The molecule has 0 spiro atoms. The van der Waals surface area contributed by atoms with Crippen LogP contribution in [0.5, 0.6) is 11.5 Å². The van der Waals surface area contributed by atoms with Gasteiger partial charge in [-0.15, -0.1) is 0 Å². The van der Waals surface area contributed by atoms with Gasteiger partial charge in [-0.3, -0.25) is 4.79 Å². The smallest absolute Gasteiger partial charge is 0.339 e. The maximum absolute atomic E-state index is 12.5. The number of benzene rings is 2. The number of carbonyl (C=O) groups excluding carboxylic acids is 2. The molecule has 0 unspecified atom stereocenters. The summed E-state index contributed by atoms with van der Waals surface area (Å²) < 4.78 is 15.9. The average Bonchev–Trinajstić information content (AvgIpc) is 2.97. The minimum Gasteiger partial charge on any atom is -0.497 e. The summed E-state index contributed by atoms with van der Waals surface area (Å²) in [6.45, 7) is 1.86. The quantitative estimate of drug-likeness (QED) is 0.806. The number of esters is 1. The van der Waals surface area contributed by atoms with Gasteiger partial charge in [0.15, 0.2) is 0 Å². The van der Waals surface area contributed by atoms with E-state index in [-0.39, 0.29) is 24.3 Å². The Morgan fingerprint density at radius 2 is 1.96 bits per heavy atom. The molecule has 0 bridgehead atoms. The molecule has 1 N–H and O–H groups in total. The molecule has 2 atom stereocenters. The lowest BCUT2D eigenvalue weighted by molar-refractivity contribution is -0.123. The molecule has 1 heterocycles. The van der Waals surface area contributed by atoms with Crippen LogP contribution < -0.4 is 14.8 Å². The summed E-state index contributed by atoms with van der Waals surface area (Å²) in [4.78, 5) is 24.3. The Hall–Kier alpha value is -3.02. The molecule has 26 heavy (non-hydrogen) atoms. The average molecular weight is 355 g/mol. The fourth-order valence-electron chi connectivity index (χ4n) is 3.10. The van der Waals surface area contributed by atoms with Crippen LogP contribution in [0, 0.1) is 0 Å². The van der Waals surface area contributed by atoms with Gasteiger partial charge in [-0.1, -0.05) is 18.2 Å². The Kier molecular flexibility index (Phi) is 5.11. The van der Waals surface area contributed by atoms with E-state index in [2.05, 4.69) is 5.32 Å². The molecule has 3 rings (SSSR count). The lowest BCUT2D eigenvalue weighted by Gasteiger charge is -2.19. The molecule has 0 fully saturated rings. The highest BCUT2D eigenvalue weighted by Gasteiger charge is 2.32. The molecule has 0 radical (unpaired) electrons. The van der Waals surface area contributed by atoms with Crippen LogP contribution in [0.2, 0.25) is 0 Å². The third-order valence-corrected chi connectivity index (χ3v) is 4.43. The van der Waals surface area contributed by atoms with Crippen LogP contribution in [0.25, 0.3) is 0 Å². The summed E-state index contributed by atoms with van der Waals surface area (Å²) in [5.74, 6) is 0.745. The van der Waals surface area contributed by atoms with Crippen LogP contribution in [-0.4, -0.2) is 26.1 Å². The Bertz CT molecular complexity index is 833. The van der Waals surface area contributed by atoms with E-state index in [0.717, 1.165) is 11.1 Å². The van der Waals surface area contributed by atoms with E-state index >= 15 is 0 Å². The number of carbonyl (C=O) groups is 2. The lowest BCUT2D eigenvalue weighted by Crippen LogP contribution is -2.28. The molecule has 2 aromatic rings. The highest BCUT2D eigenvalue weighted by molar-refractivity contribution is 5.94. The molecule has 6 nitrogen and oxygen atoms in total. The van der Waals surface area contributed by atoms with Gasteiger partial charge in [-0.25, -0.2) is 4.79 Å². The minimum absolute atomic E-state index is 0.0688. The molecule has 0 aromatic heterocycles. The van der Waals surface area contributed by atoms with Crippen LogP contribution in [0.1, 0.15) is 47.0 Å². The predicted molar refractivity (Wildman–Crippen MR) is 95.3 cm³/mol.